The van der Waals surface area contributed by atoms with Gasteiger partial charge in [0, 0.05) is 18.8 Å². The van der Waals surface area contributed by atoms with Crippen molar-refractivity contribution in [2.45, 2.75) is 25.9 Å². The molecule has 0 bridgehead atoms. The van der Waals surface area contributed by atoms with Gasteiger partial charge in [0.2, 0.25) is 0 Å². The summed E-state index contributed by atoms with van der Waals surface area (Å²) < 4.78 is 13.2. The van der Waals surface area contributed by atoms with Gasteiger partial charge in [-0.15, -0.1) is 0 Å². The molecule has 2 N–H and O–H groups in total. The molecule has 1 aliphatic heterocycles. The molecule has 1 fully saturated rings. The molecule has 1 heterocycles. The molecule has 2 rings (SSSR count). The number of hydrogen-bond acceptors (Lipinski definition) is 3. The number of carbonyl (C=O) groups excluding carboxylic acids is 2. The van der Waals surface area contributed by atoms with Crippen molar-refractivity contribution in [1.29, 1.82) is 0 Å². The fourth-order valence-corrected chi connectivity index (χ4v) is 2.28. The third-order valence-corrected chi connectivity index (χ3v) is 3.18. The molecule has 0 aliphatic carbocycles. The van der Waals surface area contributed by atoms with Gasteiger partial charge in [-0.05, 0) is 43.5 Å². The van der Waals surface area contributed by atoms with Crippen molar-refractivity contribution in [1.82, 2.24) is 4.90 Å². The minimum atomic E-state index is -0.816. The summed E-state index contributed by atoms with van der Waals surface area (Å²) in [7, 11) is 0. The Labute approximate surface area is 116 Å². The lowest BCUT2D eigenvalue weighted by molar-refractivity contribution is -0.145. The zero-order valence-electron chi connectivity index (χ0n) is 11.2. The number of aryl methyl sites for hydroxylation is 1. The Bertz CT molecular complexity index is 513. The van der Waals surface area contributed by atoms with E-state index < -0.39 is 23.7 Å². The second-order valence-corrected chi connectivity index (χ2v) is 5.02. The lowest BCUT2D eigenvalue weighted by Crippen LogP contribution is -2.46. The maximum absolute atomic E-state index is 13.2. The van der Waals surface area contributed by atoms with Crippen LogP contribution in [0.5, 0.6) is 0 Å². The predicted octanol–water partition coefficient (Wildman–Crippen LogP) is 1.06. The summed E-state index contributed by atoms with van der Waals surface area (Å²) in [5.74, 6) is -1.99. The largest absolute Gasteiger partial charge is 0.391 e. The van der Waals surface area contributed by atoms with Crippen molar-refractivity contribution in [2.24, 2.45) is 0 Å². The van der Waals surface area contributed by atoms with E-state index in [1.807, 2.05) is 0 Å². The van der Waals surface area contributed by atoms with E-state index >= 15 is 0 Å². The van der Waals surface area contributed by atoms with Gasteiger partial charge in [0.05, 0.1) is 6.10 Å². The number of hydrogen-bond donors (Lipinski definition) is 2. The molecule has 108 valence electrons. The number of benzene rings is 1. The molecule has 0 radical (unpaired) electrons. The number of nitrogens with one attached hydrogen (secondary N) is 1. The third kappa shape index (κ3) is 3.54. The first kappa shape index (κ1) is 14.5. The van der Waals surface area contributed by atoms with Crippen molar-refractivity contribution in [3.05, 3.63) is 29.6 Å². The van der Waals surface area contributed by atoms with E-state index in [1.54, 1.807) is 13.0 Å². The second-order valence-electron chi connectivity index (χ2n) is 5.02. The number of amides is 2. The highest BCUT2D eigenvalue weighted by Crippen LogP contribution is 2.14. The predicted molar refractivity (Wildman–Crippen MR) is 71.6 cm³/mol. The molecule has 5 nitrogen and oxygen atoms in total. The van der Waals surface area contributed by atoms with Crippen LogP contribution in [0.25, 0.3) is 0 Å². The zero-order valence-corrected chi connectivity index (χ0v) is 11.2. The number of aliphatic hydroxyl groups is 1. The van der Waals surface area contributed by atoms with Crippen LogP contribution in [0.1, 0.15) is 18.4 Å². The van der Waals surface area contributed by atoms with Gasteiger partial charge in [0.1, 0.15) is 5.82 Å². The quantitative estimate of drug-likeness (QED) is 0.756. The van der Waals surface area contributed by atoms with Crippen LogP contribution in [-0.2, 0) is 9.59 Å². The van der Waals surface area contributed by atoms with E-state index in [-0.39, 0.29) is 12.2 Å². The zero-order chi connectivity index (χ0) is 14.7. The minimum absolute atomic E-state index is 0.161. The number of nitrogens with zero attached hydrogens (tertiary/aromatic N) is 1. The van der Waals surface area contributed by atoms with E-state index in [0.717, 1.165) is 6.07 Å². The first-order chi connectivity index (χ1) is 9.45. The Morgan fingerprint density at radius 3 is 2.80 bits per heavy atom. The summed E-state index contributed by atoms with van der Waals surface area (Å²) in [6.45, 7) is 2.31. The maximum Gasteiger partial charge on any atom is 0.313 e. The first-order valence-electron chi connectivity index (χ1n) is 6.51. The Morgan fingerprint density at radius 1 is 1.40 bits per heavy atom. The van der Waals surface area contributed by atoms with Crippen LogP contribution < -0.4 is 5.32 Å². The lowest BCUT2D eigenvalue weighted by atomic mass is 10.1. The van der Waals surface area contributed by atoms with Crippen molar-refractivity contribution in [3.8, 4) is 0 Å². The highest BCUT2D eigenvalue weighted by atomic mass is 19.1. The topological polar surface area (TPSA) is 69.6 Å². The minimum Gasteiger partial charge on any atom is -0.391 e. The number of likely N-dealkylation sites (tertiary alicyclic amines) is 1. The smallest absolute Gasteiger partial charge is 0.313 e. The van der Waals surface area contributed by atoms with Gasteiger partial charge in [-0.2, -0.15) is 0 Å². The highest BCUT2D eigenvalue weighted by Gasteiger charge is 2.26. The van der Waals surface area contributed by atoms with Gasteiger partial charge in [-0.3, -0.25) is 9.59 Å². The second kappa shape index (κ2) is 6.00. The van der Waals surface area contributed by atoms with E-state index in [1.165, 1.54) is 11.0 Å². The third-order valence-electron chi connectivity index (χ3n) is 3.18. The fourth-order valence-electron chi connectivity index (χ4n) is 2.28. The molecule has 0 saturated carbocycles. The average molecular weight is 280 g/mol. The monoisotopic (exact) mass is 280 g/mol. The first-order valence-corrected chi connectivity index (χ1v) is 6.51. The molecule has 1 aliphatic rings. The molecule has 1 unspecified atom stereocenters. The Hall–Kier alpha value is -1.95. The maximum atomic E-state index is 13.2. The van der Waals surface area contributed by atoms with Crippen LogP contribution in [0, 0.1) is 12.7 Å². The van der Waals surface area contributed by atoms with Gasteiger partial charge in [-0.1, -0.05) is 0 Å². The van der Waals surface area contributed by atoms with Gasteiger partial charge in [-0.25, -0.2) is 4.39 Å². The molecule has 1 atom stereocenters. The fraction of sp³-hybridized carbons (Fsp3) is 0.429. The summed E-state index contributed by atoms with van der Waals surface area (Å²) in [5.41, 5.74) is 0.902. The van der Waals surface area contributed by atoms with Gasteiger partial charge in [0.25, 0.3) is 0 Å². The Morgan fingerprint density at radius 2 is 2.15 bits per heavy atom. The van der Waals surface area contributed by atoms with Gasteiger partial charge >= 0.3 is 11.8 Å². The summed E-state index contributed by atoms with van der Waals surface area (Å²) in [4.78, 5) is 25.1. The molecular formula is C14H17FN2O3. The van der Waals surface area contributed by atoms with Crippen LogP contribution >= 0.6 is 0 Å². The molecular weight excluding hydrogens is 263 g/mol. The number of halogens is 1. The molecule has 1 saturated heterocycles. The van der Waals surface area contributed by atoms with E-state index in [0.29, 0.717) is 24.9 Å². The van der Waals surface area contributed by atoms with E-state index in [9.17, 15) is 19.1 Å². The van der Waals surface area contributed by atoms with Crippen LogP contribution in [0.3, 0.4) is 0 Å². The number of rotatable bonds is 1. The molecule has 6 heteroatoms. The van der Waals surface area contributed by atoms with Crippen LogP contribution in [0.4, 0.5) is 10.1 Å². The molecule has 1 aromatic carbocycles. The lowest BCUT2D eigenvalue weighted by Gasteiger charge is -2.29. The summed E-state index contributed by atoms with van der Waals surface area (Å²) >= 11 is 0. The van der Waals surface area contributed by atoms with Gasteiger partial charge < -0.3 is 15.3 Å². The summed E-state index contributed by atoms with van der Waals surface area (Å²) in [5, 5.41) is 11.9. The molecule has 0 spiro atoms. The average Bonchev–Trinajstić information content (AvgIpc) is 2.36. The molecule has 2 amide bonds. The van der Waals surface area contributed by atoms with Crippen molar-refractivity contribution in [3.63, 3.8) is 0 Å². The van der Waals surface area contributed by atoms with Crippen molar-refractivity contribution < 1.29 is 19.1 Å². The van der Waals surface area contributed by atoms with E-state index in [4.69, 9.17) is 0 Å². The van der Waals surface area contributed by atoms with Crippen LogP contribution in [-0.4, -0.2) is 41.0 Å². The normalized spacial score (nSPS) is 18.8. The molecule has 20 heavy (non-hydrogen) atoms. The Balaban J connectivity index is 2.02. The van der Waals surface area contributed by atoms with Gasteiger partial charge in [0.15, 0.2) is 0 Å². The number of piperidine rings is 1. The van der Waals surface area contributed by atoms with Crippen LogP contribution in [0.15, 0.2) is 18.2 Å². The summed E-state index contributed by atoms with van der Waals surface area (Å²) in [6, 6.07) is 4.07. The number of β-amino-alcohol motifs (C(OH)–C–C–N with tert-alkyl or cyclic N) is 1. The number of carbonyl (C=O) groups is 2. The van der Waals surface area contributed by atoms with E-state index in [2.05, 4.69) is 5.32 Å². The molecule has 1 aromatic rings. The Kier molecular flexibility index (Phi) is 4.34. The number of anilines is 1. The molecule has 0 aromatic heterocycles. The standard InChI is InChI=1S/C14H17FN2O3/c1-9-5-10(15)7-11(6-9)16-13(19)14(20)17-4-2-3-12(18)8-17/h5-7,12,18H,2-4,8H2,1H3,(H,16,19). The SMILES string of the molecule is Cc1cc(F)cc(NC(=O)C(=O)N2CCCC(O)C2)c1. The summed E-state index contributed by atoms with van der Waals surface area (Å²) in [6.07, 6.45) is 0.713. The van der Waals surface area contributed by atoms with Crippen LogP contribution in [0.2, 0.25) is 0 Å². The number of aliphatic hydroxyl groups excluding tert-OH is 1. The van der Waals surface area contributed by atoms with Crippen molar-refractivity contribution >= 4 is 17.5 Å². The highest BCUT2D eigenvalue weighted by molar-refractivity contribution is 6.39. The van der Waals surface area contributed by atoms with Crippen molar-refractivity contribution in [2.75, 3.05) is 18.4 Å².